The molecule has 5 heteroatoms. The van der Waals surface area contributed by atoms with E-state index in [4.69, 9.17) is 4.74 Å². The molecule has 1 atom stereocenters. The van der Waals surface area contributed by atoms with E-state index in [-0.39, 0.29) is 17.3 Å². The first kappa shape index (κ1) is 23.6. The van der Waals surface area contributed by atoms with Gasteiger partial charge < -0.3 is 4.74 Å². The van der Waals surface area contributed by atoms with Crippen LogP contribution in [0.3, 0.4) is 0 Å². The van der Waals surface area contributed by atoms with Crippen molar-refractivity contribution in [2.24, 2.45) is 0 Å². The fraction of sp³-hybridized carbons (Fsp3) is 0.440. The summed E-state index contributed by atoms with van der Waals surface area (Å²) in [6, 6.07) is 10.6. The maximum absolute atomic E-state index is 12.9. The minimum absolute atomic E-state index is 0.0980. The van der Waals surface area contributed by atoms with Crippen LogP contribution in [0, 0.1) is 5.82 Å². The van der Waals surface area contributed by atoms with E-state index in [0.29, 0.717) is 12.5 Å². The summed E-state index contributed by atoms with van der Waals surface area (Å²) in [6.07, 6.45) is 5.77. The molecule has 3 aromatic rings. The van der Waals surface area contributed by atoms with Gasteiger partial charge in [-0.3, -0.25) is 9.67 Å². The van der Waals surface area contributed by atoms with Crippen LogP contribution in [0.15, 0.2) is 55.0 Å². The molecule has 4 nitrogen and oxygen atoms in total. The molecule has 1 aromatic carbocycles. The fourth-order valence-electron chi connectivity index (χ4n) is 2.95. The number of pyridine rings is 1. The molecule has 0 saturated carbocycles. The van der Waals surface area contributed by atoms with Crippen molar-refractivity contribution < 1.29 is 9.13 Å². The van der Waals surface area contributed by atoms with Crippen molar-refractivity contribution in [1.29, 1.82) is 0 Å². The Morgan fingerprint density at radius 2 is 1.73 bits per heavy atom. The molecule has 162 valence electrons. The fourth-order valence-corrected chi connectivity index (χ4v) is 2.95. The van der Waals surface area contributed by atoms with Crippen LogP contribution in [0.5, 0.6) is 5.75 Å². The molecule has 2 aromatic heterocycles. The van der Waals surface area contributed by atoms with E-state index in [1.54, 1.807) is 18.3 Å². The first-order valence-electron chi connectivity index (χ1n) is 10.5. The highest BCUT2D eigenvalue weighted by atomic mass is 19.1. The van der Waals surface area contributed by atoms with E-state index in [9.17, 15) is 4.39 Å². The molecular formula is C25H34FN3O. The SMILES string of the molecule is CC(c1ccc(F)cc1)n1cc(C(C)(C)C)cn1.CCOc1cccnc1C(C)C. The second-order valence-electron chi connectivity index (χ2n) is 8.66. The highest BCUT2D eigenvalue weighted by Gasteiger charge is 2.17. The summed E-state index contributed by atoms with van der Waals surface area (Å²) >= 11 is 0. The number of rotatable bonds is 5. The maximum atomic E-state index is 12.9. The number of aromatic nitrogens is 3. The lowest BCUT2D eigenvalue weighted by molar-refractivity contribution is 0.333. The van der Waals surface area contributed by atoms with Gasteiger partial charge >= 0.3 is 0 Å². The van der Waals surface area contributed by atoms with Crippen molar-refractivity contribution in [1.82, 2.24) is 14.8 Å². The number of hydrogen-bond acceptors (Lipinski definition) is 3. The Morgan fingerprint density at radius 3 is 2.27 bits per heavy atom. The van der Waals surface area contributed by atoms with Gasteiger partial charge in [-0.15, -0.1) is 0 Å². The topological polar surface area (TPSA) is 39.9 Å². The second-order valence-corrected chi connectivity index (χ2v) is 8.66. The van der Waals surface area contributed by atoms with Crippen molar-refractivity contribution in [3.05, 3.63) is 77.6 Å². The molecule has 0 N–H and O–H groups in total. The Hall–Kier alpha value is -2.69. The third-order valence-electron chi connectivity index (χ3n) is 4.86. The minimum Gasteiger partial charge on any atom is -0.492 e. The van der Waals surface area contributed by atoms with Gasteiger partial charge in [0.25, 0.3) is 0 Å². The van der Waals surface area contributed by atoms with E-state index in [1.165, 1.54) is 17.7 Å². The zero-order chi connectivity index (χ0) is 22.3. The van der Waals surface area contributed by atoms with Crippen molar-refractivity contribution in [3.63, 3.8) is 0 Å². The van der Waals surface area contributed by atoms with Crippen molar-refractivity contribution in [3.8, 4) is 5.75 Å². The van der Waals surface area contributed by atoms with Gasteiger partial charge in [-0.2, -0.15) is 5.10 Å². The average Bonchev–Trinajstić information content (AvgIpc) is 3.20. The monoisotopic (exact) mass is 411 g/mol. The van der Waals surface area contributed by atoms with Gasteiger partial charge in [0.05, 0.1) is 24.5 Å². The quantitative estimate of drug-likeness (QED) is 0.479. The molecule has 0 bridgehead atoms. The van der Waals surface area contributed by atoms with E-state index in [0.717, 1.165) is 17.0 Å². The van der Waals surface area contributed by atoms with Crippen LogP contribution in [0.4, 0.5) is 4.39 Å². The smallest absolute Gasteiger partial charge is 0.141 e. The number of ether oxygens (including phenoxy) is 1. The highest BCUT2D eigenvalue weighted by molar-refractivity contribution is 5.29. The molecule has 0 radical (unpaired) electrons. The predicted octanol–water partition coefficient (Wildman–Crippen LogP) is 6.53. The first-order chi connectivity index (χ1) is 14.1. The molecule has 1 unspecified atom stereocenters. The van der Waals surface area contributed by atoms with Gasteiger partial charge in [-0.25, -0.2) is 4.39 Å². The third kappa shape index (κ3) is 6.41. The zero-order valence-corrected chi connectivity index (χ0v) is 19.2. The van der Waals surface area contributed by atoms with Gasteiger partial charge in [-0.05, 0) is 60.6 Å². The number of nitrogens with zero attached hydrogens (tertiary/aromatic N) is 3. The van der Waals surface area contributed by atoms with Crippen molar-refractivity contribution in [2.75, 3.05) is 6.61 Å². The number of hydrogen-bond donors (Lipinski definition) is 0. The van der Waals surface area contributed by atoms with Crippen LogP contribution in [-0.4, -0.2) is 21.4 Å². The molecule has 0 amide bonds. The molecule has 3 rings (SSSR count). The summed E-state index contributed by atoms with van der Waals surface area (Å²) in [5.74, 6) is 1.13. The van der Waals surface area contributed by atoms with Crippen molar-refractivity contribution in [2.45, 2.75) is 65.8 Å². The Kier molecular flexibility index (Phi) is 8.16. The van der Waals surface area contributed by atoms with Crippen LogP contribution < -0.4 is 4.74 Å². The number of halogens is 1. The maximum Gasteiger partial charge on any atom is 0.141 e. The van der Waals surface area contributed by atoms with Gasteiger partial charge in [0, 0.05) is 12.4 Å². The van der Waals surface area contributed by atoms with Crippen LogP contribution in [0.2, 0.25) is 0 Å². The molecule has 0 aliphatic carbocycles. The lowest BCUT2D eigenvalue weighted by Crippen LogP contribution is -2.11. The first-order valence-corrected chi connectivity index (χ1v) is 10.5. The van der Waals surface area contributed by atoms with Crippen LogP contribution >= 0.6 is 0 Å². The summed E-state index contributed by atoms with van der Waals surface area (Å²) in [7, 11) is 0. The molecule has 2 heterocycles. The molecule has 0 aliphatic rings. The third-order valence-corrected chi connectivity index (χ3v) is 4.86. The summed E-state index contributed by atoms with van der Waals surface area (Å²) < 4.78 is 20.3. The molecule has 0 aliphatic heterocycles. The molecule has 0 spiro atoms. The lowest BCUT2D eigenvalue weighted by Gasteiger charge is -2.16. The lowest BCUT2D eigenvalue weighted by atomic mass is 9.90. The average molecular weight is 412 g/mol. The molecular weight excluding hydrogens is 377 g/mol. The number of benzene rings is 1. The van der Waals surface area contributed by atoms with Gasteiger partial charge in [-0.1, -0.05) is 46.8 Å². The van der Waals surface area contributed by atoms with Gasteiger partial charge in [0.2, 0.25) is 0 Å². The largest absolute Gasteiger partial charge is 0.492 e. The summed E-state index contributed by atoms with van der Waals surface area (Å²) in [5, 5.41) is 4.40. The van der Waals surface area contributed by atoms with Crippen molar-refractivity contribution >= 4 is 0 Å². The summed E-state index contributed by atoms with van der Waals surface area (Å²) in [5.41, 5.74) is 3.40. The summed E-state index contributed by atoms with van der Waals surface area (Å²) in [6.45, 7) is 15.5. The van der Waals surface area contributed by atoms with Crippen LogP contribution in [-0.2, 0) is 5.41 Å². The molecule has 0 saturated heterocycles. The summed E-state index contributed by atoms with van der Waals surface area (Å²) in [4.78, 5) is 4.27. The predicted molar refractivity (Wildman–Crippen MR) is 121 cm³/mol. The normalized spacial score (nSPS) is 12.3. The van der Waals surface area contributed by atoms with E-state index in [2.05, 4.69) is 57.8 Å². The van der Waals surface area contributed by atoms with E-state index < -0.39 is 0 Å². The van der Waals surface area contributed by atoms with Crippen LogP contribution in [0.1, 0.15) is 77.2 Å². The van der Waals surface area contributed by atoms with E-state index in [1.807, 2.05) is 29.9 Å². The van der Waals surface area contributed by atoms with Crippen LogP contribution in [0.25, 0.3) is 0 Å². The highest BCUT2D eigenvalue weighted by Crippen LogP contribution is 2.25. The Morgan fingerprint density at radius 1 is 1.07 bits per heavy atom. The molecule has 30 heavy (non-hydrogen) atoms. The Balaban J connectivity index is 0.000000232. The Bertz CT molecular complexity index is 911. The van der Waals surface area contributed by atoms with Gasteiger partial charge in [0.15, 0.2) is 0 Å². The van der Waals surface area contributed by atoms with E-state index >= 15 is 0 Å². The second kappa shape index (κ2) is 10.4. The Labute approximate surface area is 180 Å². The standard InChI is InChI=1S/C15H19FN2.C10H15NO/c1-11(12-5-7-14(16)8-6-12)18-10-13(9-17-18)15(2,3)4;1-4-12-9-6-5-7-11-10(9)8(2)3/h5-11H,1-4H3;5-8H,4H2,1-3H3. The zero-order valence-electron chi connectivity index (χ0n) is 19.2. The minimum atomic E-state index is -0.207. The molecule has 0 fully saturated rings. The van der Waals surface area contributed by atoms with Gasteiger partial charge in [0.1, 0.15) is 11.6 Å².